The van der Waals surface area contributed by atoms with Crippen LogP contribution in [0.4, 0.5) is 4.79 Å². The average molecular weight is 283 g/mol. The molecular weight excluding hydrogens is 262 g/mol. The molecule has 0 bridgehead atoms. The van der Waals surface area contributed by atoms with Gasteiger partial charge in [-0.25, -0.2) is 9.78 Å². The van der Waals surface area contributed by atoms with E-state index in [2.05, 4.69) is 17.2 Å². The van der Waals surface area contributed by atoms with Crippen molar-refractivity contribution < 1.29 is 9.90 Å². The number of hydrogen-bond donors (Lipinski definition) is 2. The fraction of sp³-hybridized carbons (Fsp3) is 0.692. The van der Waals surface area contributed by atoms with Gasteiger partial charge in [0.1, 0.15) is 5.01 Å². The molecule has 0 aromatic carbocycles. The number of nitrogens with zero attached hydrogens (tertiary/aromatic N) is 2. The molecule has 1 aliphatic carbocycles. The van der Waals surface area contributed by atoms with Crippen LogP contribution in [0.5, 0.6) is 0 Å². The Labute approximate surface area is 117 Å². The molecule has 106 valence electrons. The van der Waals surface area contributed by atoms with Gasteiger partial charge in [-0.15, -0.1) is 11.3 Å². The van der Waals surface area contributed by atoms with E-state index < -0.39 is 0 Å². The largest absolute Gasteiger partial charge is 0.395 e. The highest BCUT2D eigenvalue weighted by Crippen LogP contribution is 2.33. The van der Waals surface area contributed by atoms with Crippen molar-refractivity contribution in [2.45, 2.75) is 38.8 Å². The molecule has 5 nitrogen and oxygen atoms in total. The number of amides is 2. The van der Waals surface area contributed by atoms with Crippen molar-refractivity contribution in [3.8, 4) is 0 Å². The topological polar surface area (TPSA) is 65.5 Å². The van der Waals surface area contributed by atoms with Crippen LogP contribution in [0.3, 0.4) is 0 Å². The van der Waals surface area contributed by atoms with Crippen molar-refractivity contribution >= 4 is 17.4 Å². The van der Waals surface area contributed by atoms with Crippen LogP contribution in [0.2, 0.25) is 0 Å². The second-order valence-electron chi connectivity index (χ2n) is 4.87. The Morgan fingerprint density at radius 2 is 2.47 bits per heavy atom. The van der Waals surface area contributed by atoms with Crippen LogP contribution >= 0.6 is 11.3 Å². The maximum Gasteiger partial charge on any atom is 0.318 e. The second-order valence-corrected chi connectivity index (χ2v) is 5.85. The van der Waals surface area contributed by atoms with Crippen LogP contribution in [0.1, 0.15) is 31.2 Å². The normalized spacial score (nSPS) is 16.1. The second kappa shape index (κ2) is 6.86. The molecule has 0 radical (unpaired) electrons. The summed E-state index contributed by atoms with van der Waals surface area (Å²) in [6, 6.07) is 0.174. The first-order chi connectivity index (χ1) is 9.24. The van der Waals surface area contributed by atoms with Crippen LogP contribution in [-0.2, 0) is 6.54 Å². The van der Waals surface area contributed by atoms with Crippen LogP contribution in [0, 0.1) is 5.92 Å². The zero-order valence-electron chi connectivity index (χ0n) is 11.2. The lowest BCUT2D eigenvalue weighted by atomic mass is 10.1. The summed E-state index contributed by atoms with van der Waals surface area (Å²) in [5, 5.41) is 15.0. The summed E-state index contributed by atoms with van der Waals surface area (Å²) in [4.78, 5) is 18.1. The zero-order valence-corrected chi connectivity index (χ0v) is 12.0. The van der Waals surface area contributed by atoms with E-state index in [0.717, 1.165) is 11.4 Å². The van der Waals surface area contributed by atoms with Gasteiger partial charge >= 0.3 is 6.03 Å². The highest BCUT2D eigenvalue weighted by atomic mass is 32.1. The van der Waals surface area contributed by atoms with Crippen molar-refractivity contribution in [2.75, 3.05) is 13.2 Å². The van der Waals surface area contributed by atoms with Gasteiger partial charge < -0.3 is 15.3 Å². The minimum atomic E-state index is -0.0944. The van der Waals surface area contributed by atoms with Crippen LogP contribution in [0.15, 0.2) is 11.6 Å². The molecule has 1 heterocycles. The lowest BCUT2D eigenvalue weighted by Gasteiger charge is -2.25. The predicted octanol–water partition coefficient (Wildman–Crippen LogP) is 1.84. The minimum absolute atomic E-state index is 0.0288. The van der Waals surface area contributed by atoms with Gasteiger partial charge in [0, 0.05) is 24.2 Å². The monoisotopic (exact) mass is 283 g/mol. The Morgan fingerprint density at radius 1 is 1.68 bits per heavy atom. The standard InChI is InChI=1S/C13H21N3O2S/c1-2-11(10-3-4-10)15-13(18)16(6-7-17)9-12-14-5-8-19-12/h5,8,10-11,17H,2-4,6-7,9H2,1H3,(H,15,18). The quantitative estimate of drug-likeness (QED) is 0.802. The van der Waals surface area contributed by atoms with E-state index in [1.165, 1.54) is 24.2 Å². The Balaban J connectivity index is 1.91. The van der Waals surface area contributed by atoms with Crippen molar-refractivity contribution in [3.63, 3.8) is 0 Å². The van der Waals surface area contributed by atoms with E-state index >= 15 is 0 Å². The van der Waals surface area contributed by atoms with E-state index in [1.54, 1.807) is 11.1 Å². The van der Waals surface area contributed by atoms with E-state index in [1.807, 2.05) is 5.38 Å². The van der Waals surface area contributed by atoms with Crippen LogP contribution in [-0.4, -0.2) is 40.2 Å². The molecule has 1 aromatic rings. The number of urea groups is 1. The molecule has 6 heteroatoms. The SMILES string of the molecule is CCC(NC(=O)N(CCO)Cc1nccs1)C1CC1. The molecule has 1 saturated carbocycles. The average Bonchev–Trinajstić information content (AvgIpc) is 3.13. The molecule has 2 amide bonds. The van der Waals surface area contributed by atoms with E-state index in [9.17, 15) is 4.79 Å². The van der Waals surface area contributed by atoms with Gasteiger partial charge in [-0.05, 0) is 25.2 Å². The third kappa shape index (κ3) is 4.18. The molecular formula is C13H21N3O2S. The highest BCUT2D eigenvalue weighted by Gasteiger charge is 2.31. The zero-order chi connectivity index (χ0) is 13.7. The number of rotatable bonds is 7. The first-order valence-electron chi connectivity index (χ1n) is 6.79. The molecule has 1 aromatic heterocycles. The van der Waals surface area contributed by atoms with Gasteiger partial charge in [0.2, 0.25) is 0 Å². The number of carbonyl (C=O) groups excluding carboxylic acids is 1. The third-order valence-electron chi connectivity index (χ3n) is 3.41. The molecule has 19 heavy (non-hydrogen) atoms. The van der Waals surface area contributed by atoms with Gasteiger partial charge in [-0.2, -0.15) is 0 Å². The smallest absolute Gasteiger partial charge is 0.318 e. The highest BCUT2D eigenvalue weighted by molar-refractivity contribution is 7.09. The van der Waals surface area contributed by atoms with E-state index in [-0.39, 0.29) is 18.7 Å². The molecule has 1 atom stereocenters. The number of aliphatic hydroxyl groups is 1. The van der Waals surface area contributed by atoms with Crippen molar-refractivity contribution in [1.82, 2.24) is 15.2 Å². The number of aliphatic hydroxyl groups excluding tert-OH is 1. The van der Waals surface area contributed by atoms with Crippen LogP contribution in [0.25, 0.3) is 0 Å². The fourth-order valence-corrected chi connectivity index (χ4v) is 2.80. The first-order valence-corrected chi connectivity index (χ1v) is 7.67. The Morgan fingerprint density at radius 3 is 3.00 bits per heavy atom. The van der Waals surface area contributed by atoms with Gasteiger partial charge in [-0.3, -0.25) is 0 Å². The third-order valence-corrected chi connectivity index (χ3v) is 4.17. The van der Waals surface area contributed by atoms with Gasteiger partial charge in [0.25, 0.3) is 0 Å². The molecule has 1 unspecified atom stereocenters. The molecule has 0 spiro atoms. The molecule has 0 saturated heterocycles. The fourth-order valence-electron chi connectivity index (χ4n) is 2.17. The Kier molecular flexibility index (Phi) is 5.15. The minimum Gasteiger partial charge on any atom is -0.395 e. The first kappa shape index (κ1) is 14.3. The Hall–Kier alpha value is -1.14. The number of thiazole rings is 1. The lowest BCUT2D eigenvalue weighted by molar-refractivity contribution is 0.169. The van der Waals surface area contributed by atoms with Crippen molar-refractivity contribution in [2.24, 2.45) is 5.92 Å². The summed E-state index contributed by atoms with van der Waals surface area (Å²) in [6.45, 7) is 2.87. The summed E-state index contributed by atoms with van der Waals surface area (Å²) in [5.74, 6) is 0.643. The molecule has 2 rings (SSSR count). The Bertz CT molecular complexity index is 393. The summed E-state index contributed by atoms with van der Waals surface area (Å²) in [7, 11) is 0. The maximum atomic E-state index is 12.2. The van der Waals surface area contributed by atoms with Gasteiger partial charge in [-0.1, -0.05) is 6.92 Å². The van der Waals surface area contributed by atoms with Crippen molar-refractivity contribution in [1.29, 1.82) is 0 Å². The van der Waals surface area contributed by atoms with Gasteiger partial charge in [0.05, 0.1) is 13.2 Å². The summed E-state index contributed by atoms with van der Waals surface area (Å²) in [6.07, 6.45) is 5.12. The number of carbonyl (C=O) groups is 1. The molecule has 2 N–H and O–H groups in total. The summed E-state index contributed by atoms with van der Waals surface area (Å²) >= 11 is 1.52. The maximum absolute atomic E-state index is 12.2. The van der Waals surface area contributed by atoms with E-state index in [0.29, 0.717) is 19.0 Å². The van der Waals surface area contributed by atoms with Gasteiger partial charge in [0.15, 0.2) is 0 Å². The summed E-state index contributed by atoms with van der Waals surface area (Å²) in [5.41, 5.74) is 0. The number of aromatic nitrogens is 1. The summed E-state index contributed by atoms with van der Waals surface area (Å²) < 4.78 is 0. The molecule has 1 aliphatic rings. The predicted molar refractivity (Wildman–Crippen MR) is 74.9 cm³/mol. The number of hydrogen-bond acceptors (Lipinski definition) is 4. The number of nitrogens with one attached hydrogen (secondary N) is 1. The van der Waals surface area contributed by atoms with E-state index in [4.69, 9.17) is 5.11 Å². The lowest BCUT2D eigenvalue weighted by Crippen LogP contribution is -2.46. The van der Waals surface area contributed by atoms with Crippen LogP contribution < -0.4 is 5.32 Å². The van der Waals surface area contributed by atoms with Crippen molar-refractivity contribution in [3.05, 3.63) is 16.6 Å². The molecule has 0 aliphatic heterocycles. The molecule has 1 fully saturated rings.